The Balaban J connectivity index is 2.70. The van der Waals surface area contributed by atoms with Crippen LogP contribution in [0, 0.1) is 11.8 Å². The number of rotatable bonds is 6. The van der Waals surface area contributed by atoms with Gasteiger partial charge in [0.15, 0.2) is 0 Å². The molecule has 1 rings (SSSR count). The summed E-state index contributed by atoms with van der Waals surface area (Å²) in [7, 11) is 3.71. The monoisotopic (exact) mass is 257 g/mol. The van der Waals surface area contributed by atoms with Crippen molar-refractivity contribution in [2.24, 2.45) is 11.8 Å². The van der Waals surface area contributed by atoms with E-state index in [2.05, 4.69) is 9.47 Å². The van der Waals surface area contributed by atoms with E-state index < -0.39 is 18.2 Å². The lowest BCUT2D eigenvalue weighted by atomic mass is 9.92. The van der Waals surface area contributed by atoms with E-state index in [1.165, 1.54) is 0 Å². The van der Waals surface area contributed by atoms with Gasteiger partial charge in [-0.15, -0.1) is 0 Å². The predicted molar refractivity (Wildman–Crippen MR) is 62.5 cm³/mol. The Bertz CT molecular complexity index is 324. The molecule has 1 atom stereocenters. The molecule has 18 heavy (non-hydrogen) atoms. The number of hydrogen-bond acceptors (Lipinski definition) is 6. The second-order valence-electron chi connectivity index (χ2n) is 5.13. The Morgan fingerprint density at radius 2 is 1.72 bits per heavy atom. The predicted octanol–water partition coefficient (Wildman–Crippen LogP) is 0.206. The Hall–Kier alpha value is -1.43. The highest BCUT2D eigenvalue weighted by atomic mass is 16.8. The highest BCUT2D eigenvalue weighted by Crippen LogP contribution is 2.19. The molecule has 1 aliphatic rings. The summed E-state index contributed by atoms with van der Waals surface area (Å²) in [6.07, 6.45) is -0.712. The van der Waals surface area contributed by atoms with Gasteiger partial charge in [0.2, 0.25) is 5.78 Å². The van der Waals surface area contributed by atoms with E-state index in [0.717, 1.165) is 0 Å². The Morgan fingerprint density at radius 1 is 1.22 bits per heavy atom. The minimum Gasteiger partial charge on any atom is -0.409 e. The minimum absolute atomic E-state index is 0.316. The largest absolute Gasteiger partial charge is 0.421 e. The molecule has 1 saturated heterocycles. The fourth-order valence-corrected chi connectivity index (χ4v) is 1.91. The van der Waals surface area contributed by atoms with Gasteiger partial charge >= 0.3 is 18.2 Å². The minimum atomic E-state index is -1.37. The van der Waals surface area contributed by atoms with Gasteiger partial charge in [-0.1, -0.05) is 13.8 Å². The van der Waals surface area contributed by atoms with Crippen molar-refractivity contribution in [3.8, 4) is 0 Å². The van der Waals surface area contributed by atoms with Crippen LogP contribution in [-0.2, 0) is 23.9 Å². The van der Waals surface area contributed by atoms with E-state index in [1.54, 1.807) is 0 Å². The highest BCUT2D eigenvalue weighted by Gasteiger charge is 2.41. The van der Waals surface area contributed by atoms with Crippen molar-refractivity contribution in [3.05, 3.63) is 0 Å². The average Bonchev–Trinajstić information content (AvgIpc) is 2.56. The van der Waals surface area contributed by atoms with Crippen molar-refractivity contribution >= 4 is 17.7 Å². The van der Waals surface area contributed by atoms with Crippen molar-refractivity contribution in [1.82, 2.24) is 4.90 Å². The highest BCUT2D eigenvalue weighted by molar-refractivity contribution is 6.31. The molecule has 0 N–H and O–H groups in total. The van der Waals surface area contributed by atoms with Crippen LogP contribution in [-0.4, -0.2) is 49.6 Å². The summed E-state index contributed by atoms with van der Waals surface area (Å²) in [5, 5.41) is 0. The van der Waals surface area contributed by atoms with Crippen molar-refractivity contribution < 1.29 is 23.9 Å². The molecule has 0 saturated carbocycles. The Kier molecular flexibility index (Phi) is 4.84. The van der Waals surface area contributed by atoms with E-state index in [-0.39, 0.29) is 11.7 Å². The molecular weight excluding hydrogens is 238 g/mol. The van der Waals surface area contributed by atoms with Gasteiger partial charge in [0.05, 0.1) is 0 Å². The molecule has 0 aromatic rings. The summed E-state index contributed by atoms with van der Waals surface area (Å²) < 4.78 is 9.20. The number of ether oxygens (including phenoxy) is 2. The molecule has 0 aliphatic carbocycles. The third-order valence-corrected chi connectivity index (χ3v) is 2.57. The lowest BCUT2D eigenvalue weighted by Crippen LogP contribution is -2.36. The van der Waals surface area contributed by atoms with Gasteiger partial charge in [-0.3, -0.25) is 4.79 Å². The number of ketones is 1. The molecule has 102 valence electrons. The molecule has 0 bridgehead atoms. The summed E-state index contributed by atoms with van der Waals surface area (Å²) in [4.78, 5) is 35.8. The zero-order valence-electron chi connectivity index (χ0n) is 11.1. The Morgan fingerprint density at radius 3 is 2.11 bits per heavy atom. The number of hydrogen-bond donors (Lipinski definition) is 0. The van der Waals surface area contributed by atoms with Crippen LogP contribution in [0.4, 0.5) is 0 Å². The van der Waals surface area contributed by atoms with E-state index in [4.69, 9.17) is 0 Å². The van der Waals surface area contributed by atoms with Gasteiger partial charge in [-0.05, 0) is 26.4 Å². The number of esters is 2. The van der Waals surface area contributed by atoms with Crippen LogP contribution >= 0.6 is 0 Å². The zero-order chi connectivity index (χ0) is 13.9. The molecule has 1 heterocycles. The van der Waals surface area contributed by atoms with E-state index in [1.807, 2.05) is 32.8 Å². The third-order valence-electron chi connectivity index (χ3n) is 2.57. The second kappa shape index (κ2) is 5.95. The molecule has 1 fully saturated rings. The third kappa shape index (κ3) is 3.80. The molecule has 0 radical (unpaired) electrons. The van der Waals surface area contributed by atoms with Crippen molar-refractivity contribution in [2.45, 2.75) is 26.6 Å². The first kappa shape index (κ1) is 14.6. The smallest absolute Gasteiger partial charge is 0.409 e. The molecule has 0 aromatic carbocycles. The quantitative estimate of drug-likeness (QED) is 0.500. The van der Waals surface area contributed by atoms with Gasteiger partial charge in [0, 0.05) is 12.5 Å². The van der Waals surface area contributed by atoms with E-state index in [0.29, 0.717) is 18.9 Å². The molecule has 0 amide bonds. The SMILES string of the molecule is CC(C)CC(CN(C)C)C(=O)C1OC(=O)C(=O)O1. The standard InChI is InChI=1S/C12H19NO5/c1-7(2)5-8(6-13(3)4)9(14)12-17-10(15)11(16)18-12/h7-8,12H,5-6H2,1-4H3. The van der Waals surface area contributed by atoms with Gasteiger partial charge in [0.25, 0.3) is 0 Å². The second-order valence-corrected chi connectivity index (χ2v) is 5.13. The topological polar surface area (TPSA) is 72.9 Å². The number of cyclic esters (lactones) is 2. The van der Waals surface area contributed by atoms with Crippen LogP contribution in [0.5, 0.6) is 0 Å². The summed E-state index contributed by atoms with van der Waals surface area (Å²) >= 11 is 0. The van der Waals surface area contributed by atoms with E-state index >= 15 is 0 Å². The Labute approximate surface area is 106 Å². The van der Waals surface area contributed by atoms with Crippen molar-refractivity contribution in [1.29, 1.82) is 0 Å². The first-order chi connectivity index (χ1) is 8.31. The maximum absolute atomic E-state index is 12.1. The van der Waals surface area contributed by atoms with Gasteiger partial charge in [-0.2, -0.15) is 0 Å². The van der Waals surface area contributed by atoms with E-state index in [9.17, 15) is 14.4 Å². The van der Waals surface area contributed by atoms with Crippen LogP contribution in [0.2, 0.25) is 0 Å². The first-order valence-corrected chi connectivity index (χ1v) is 5.91. The molecule has 6 heteroatoms. The fraction of sp³-hybridized carbons (Fsp3) is 0.750. The number of carbonyl (C=O) groups excluding carboxylic acids is 3. The lowest BCUT2D eigenvalue weighted by Gasteiger charge is -2.22. The molecule has 0 spiro atoms. The molecule has 6 nitrogen and oxygen atoms in total. The number of nitrogens with zero attached hydrogens (tertiary/aromatic N) is 1. The van der Waals surface area contributed by atoms with Gasteiger partial charge < -0.3 is 14.4 Å². The maximum atomic E-state index is 12.1. The zero-order valence-corrected chi connectivity index (χ0v) is 11.1. The molecular formula is C12H19NO5. The summed E-state index contributed by atoms with van der Waals surface area (Å²) in [6.45, 7) is 4.54. The maximum Gasteiger partial charge on any atom is 0.421 e. The van der Waals surface area contributed by atoms with Crippen molar-refractivity contribution in [2.75, 3.05) is 20.6 Å². The summed E-state index contributed by atoms with van der Waals surface area (Å²) in [5.41, 5.74) is 0. The van der Waals surface area contributed by atoms with Gasteiger partial charge in [-0.25, -0.2) is 9.59 Å². The van der Waals surface area contributed by atoms with Crippen LogP contribution in [0.15, 0.2) is 0 Å². The first-order valence-electron chi connectivity index (χ1n) is 5.91. The fourth-order valence-electron chi connectivity index (χ4n) is 1.91. The average molecular weight is 257 g/mol. The van der Waals surface area contributed by atoms with Crippen LogP contribution in [0.3, 0.4) is 0 Å². The number of carbonyl (C=O) groups is 3. The molecule has 1 unspecified atom stereocenters. The van der Waals surface area contributed by atoms with Crippen LogP contribution in [0.1, 0.15) is 20.3 Å². The molecule has 1 aliphatic heterocycles. The normalized spacial score (nSPS) is 18.1. The van der Waals surface area contributed by atoms with Crippen LogP contribution in [0.25, 0.3) is 0 Å². The van der Waals surface area contributed by atoms with Gasteiger partial charge in [0.1, 0.15) is 0 Å². The number of Topliss-reactive ketones (excluding diaryl/α,β-unsaturated/α-hetero) is 1. The molecule has 0 aromatic heterocycles. The van der Waals surface area contributed by atoms with Crippen molar-refractivity contribution in [3.63, 3.8) is 0 Å². The van der Waals surface area contributed by atoms with Crippen LogP contribution < -0.4 is 0 Å². The lowest BCUT2D eigenvalue weighted by molar-refractivity contribution is -0.159. The summed E-state index contributed by atoms with van der Waals surface area (Å²) in [6, 6.07) is 0. The summed E-state index contributed by atoms with van der Waals surface area (Å²) in [5.74, 6) is -2.53.